The quantitative estimate of drug-likeness (QED) is 0.935. The number of halogens is 1. The number of hydrogen-bond acceptors (Lipinski definition) is 3. The van der Waals surface area contributed by atoms with Crippen molar-refractivity contribution < 1.29 is 0 Å². The highest BCUT2D eigenvalue weighted by atomic mass is 79.9. The summed E-state index contributed by atoms with van der Waals surface area (Å²) in [4.78, 5) is 4.20. The van der Waals surface area contributed by atoms with Crippen LogP contribution >= 0.6 is 15.9 Å². The Bertz CT molecular complexity index is 590. The largest absolute Gasteiger partial charge is 0.364 e. The molecule has 18 heavy (non-hydrogen) atoms. The van der Waals surface area contributed by atoms with E-state index in [1.165, 1.54) is 0 Å². The minimum Gasteiger partial charge on any atom is -0.364 e. The van der Waals surface area contributed by atoms with Gasteiger partial charge in [-0.3, -0.25) is 0 Å². The van der Waals surface area contributed by atoms with Crippen LogP contribution in [-0.2, 0) is 0 Å². The number of anilines is 1. The van der Waals surface area contributed by atoms with Crippen molar-refractivity contribution in [1.82, 2.24) is 4.98 Å². The highest BCUT2D eigenvalue weighted by Gasteiger charge is 2.06. The van der Waals surface area contributed by atoms with Gasteiger partial charge in [-0.05, 0) is 36.8 Å². The Morgan fingerprint density at radius 3 is 2.89 bits per heavy atom. The van der Waals surface area contributed by atoms with E-state index in [4.69, 9.17) is 5.26 Å². The molecule has 3 nitrogen and oxygen atoms in total. The lowest BCUT2D eigenvalue weighted by molar-refractivity contribution is 0.873. The van der Waals surface area contributed by atoms with Gasteiger partial charge in [0.2, 0.25) is 0 Å². The number of rotatable bonds is 3. The van der Waals surface area contributed by atoms with E-state index < -0.39 is 0 Å². The molecule has 0 radical (unpaired) electrons. The topological polar surface area (TPSA) is 48.7 Å². The molecule has 90 valence electrons. The Morgan fingerprint density at radius 2 is 2.17 bits per heavy atom. The van der Waals surface area contributed by atoms with E-state index in [1.54, 1.807) is 18.3 Å². The fourth-order valence-corrected chi connectivity index (χ4v) is 2.08. The van der Waals surface area contributed by atoms with Crippen molar-refractivity contribution in [3.63, 3.8) is 0 Å². The smallest absolute Gasteiger partial charge is 0.127 e. The normalized spacial score (nSPS) is 11.6. The van der Waals surface area contributed by atoms with E-state index in [-0.39, 0.29) is 6.04 Å². The molecule has 2 rings (SSSR count). The number of benzene rings is 1. The van der Waals surface area contributed by atoms with Crippen molar-refractivity contribution in [3.8, 4) is 6.07 Å². The lowest BCUT2D eigenvalue weighted by atomic mass is 10.1. The Balaban J connectivity index is 2.16. The summed E-state index contributed by atoms with van der Waals surface area (Å²) >= 11 is 3.45. The zero-order chi connectivity index (χ0) is 13.0. The Hall–Kier alpha value is -1.86. The van der Waals surface area contributed by atoms with Crippen LogP contribution in [0.15, 0.2) is 47.1 Å². The third-order valence-electron chi connectivity index (χ3n) is 2.60. The van der Waals surface area contributed by atoms with E-state index >= 15 is 0 Å². The number of hydrogen-bond donors (Lipinski definition) is 1. The molecule has 0 aliphatic heterocycles. The predicted octanol–water partition coefficient (Wildman–Crippen LogP) is 3.89. The molecule has 0 bridgehead atoms. The van der Waals surface area contributed by atoms with Gasteiger partial charge in [0, 0.05) is 16.7 Å². The van der Waals surface area contributed by atoms with Gasteiger partial charge in [-0.15, -0.1) is 0 Å². The first kappa shape index (κ1) is 12.6. The Labute approximate surface area is 115 Å². The van der Waals surface area contributed by atoms with E-state index in [0.717, 1.165) is 10.0 Å². The first-order chi connectivity index (χ1) is 8.69. The molecular weight excluding hydrogens is 290 g/mol. The summed E-state index contributed by atoms with van der Waals surface area (Å²) in [5.41, 5.74) is 1.77. The number of nitrogens with one attached hydrogen (secondary N) is 1. The van der Waals surface area contributed by atoms with Crippen LogP contribution in [-0.4, -0.2) is 4.98 Å². The maximum Gasteiger partial charge on any atom is 0.127 e. The van der Waals surface area contributed by atoms with Gasteiger partial charge in [0.05, 0.1) is 11.6 Å². The van der Waals surface area contributed by atoms with Crippen LogP contribution in [0.4, 0.5) is 5.82 Å². The summed E-state index contributed by atoms with van der Waals surface area (Å²) in [5, 5.41) is 12.1. The summed E-state index contributed by atoms with van der Waals surface area (Å²) in [5.74, 6) is 0.710. The number of nitriles is 1. The van der Waals surface area contributed by atoms with Crippen LogP contribution in [0.2, 0.25) is 0 Å². The van der Waals surface area contributed by atoms with Crippen LogP contribution in [0.1, 0.15) is 24.1 Å². The van der Waals surface area contributed by atoms with Crippen molar-refractivity contribution in [2.45, 2.75) is 13.0 Å². The number of pyridine rings is 1. The molecule has 4 heteroatoms. The van der Waals surface area contributed by atoms with E-state index in [0.29, 0.717) is 11.4 Å². The summed E-state index contributed by atoms with van der Waals surface area (Å²) < 4.78 is 1.05. The fraction of sp³-hybridized carbons (Fsp3) is 0.143. The second-order valence-electron chi connectivity index (χ2n) is 3.96. The molecule has 0 aliphatic carbocycles. The lowest BCUT2D eigenvalue weighted by Crippen LogP contribution is -2.07. The minimum absolute atomic E-state index is 0.129. The summed E-state index contributed by atoms with van der Waals surface area (Å²) in [6.07, 6.45) is 1.63. The minimum atomic E-state index is 0.129. The second kappa shape index (κ2) is 5.65. The highest BCUT2D eigenvalue weighted by Crippen LogP contribution is 2.21. The van der Waals surface area contributed by atoms with Crippen LogP contribution in [0.5, 0.6) is 0 Å². The Kier molecular flexibility index (Phi) is 3.96. The average Bonchev–Trinajstić information content (AvgIpc) is 2.39. The van der Waals surface area contributed by atoms with Gasteiger partial charge in [0.25, 0.3) is 0 Å². The molecule has 0 spiro atoms. The average molecular weight is 302 g/mol. The van der Waals surface area contributed by atoms with E-state index in [2.05, 4.69) is 51.4 Å². The van der Waals surface area contributed by atoms with Gasteiger partial charge in [-0.25, -0.2) is 4.98 Å². The van der Waals surface area contributed by atoms with Crippen molar-refractivity contribution in [2.24, 2.45) is 0 Å². The van der Waals surface area contributed by atoms with Crippen LogP contribution < -0.4 is 5.32 Å². The van der Waals surface area contributed by atoms with Gasteiger partial charge in [-0.2, -0.15) is 5.26 Å². The van der Waals surface area contributed by atoms with Crippen molar-refractivity contribution in [2.75, 3.05) is 5.32 Å². The number of nitrogens with zero attached hydrogens (tertiary/aromatic N) is 2. The zero-order valence-corrected chi connectivity index (χ0v) is 11.5. The molecule has 2 aromatic rings. The van der Waals surface area contributed by atoms with E-state index in [9.17, 15) is 0 Å². The summed E-state index contributed by atoms with van der Waals surface area (Å²) in [7, 11) is 0. The predicted molar refractivity (Wildman–Crippen MR) is 75.1 cm³/mol. The Morgan fingerprint density at radius 1 is 1.33 bits per heavy atom. The first-order valence-electron chi connectivity index (χ1n) is 5.57. The van der Waals surface area contributed by atoms with Crippen molar-refractivity contribution in [1.29, 1.82) is 5.26 Å². The molecule has 1 atom stereocenters. The number of aromatic nitrogens is 1. The fourth-order valence-electron chi connectivity index (χ4n) is 1.66. The van der Waals surface area contributed by atoms with Gasteiger partial charge in [0.1, 0.15) is 5.82 Å². The maximum atomic E-state index is 8.84. The molecule has 1 heterocycles. The molecule has 1 aromatic heterocycles. The standard InChI is InChI=1S/C14H12BrN3/c1-10(12-3-2-4-13(15)8-12)18-14-7-11(9-16)5-6-17-14/h2-8,10H,1H3,(H,17,18). The van der Waals surface area contributed by atoms with Crippen LogP contribution in [0.3, 0.4) is 0 Å². The molecule has 1 unspecified atom stereocenters. The molecule has 0 saturated carbocycles. The van der Waals surface area contributed by atoms with Crippen LogP contribution in [0, 0.1) is 11.3 Å². The van der Waals surface area contributed by atoms with Gasteiger partial charge >= 0.3 is 0 Å². The van der Waals surface area contributed by atoms with Gasteiger partial charge < -0.3 is 5.32 Å². The zero-order valence-electron chi connectivity index (χ0n) is 9.89. The van der Waals surface area contributed by atoms with Crippen molar-refractivity contribution >= 4 is 21.7 Å². The summed E-state index contributed by atoms with van der Waals surface area (Å²) in [6, 6.07) is 13.8. The molecule has 0 amide bonds. The summed E-state index contributed by atoms with van der Waals surface area (Å²) in [6.45, 7) is 2.06. The SMILES string of the molecule is CC(Nc1cc(C#N)ccn1)c1cccc(Br)c1. The molecule has 1 N–H and O–H groups in total. The first-order valence-corrected chi connectivity index (χ1v) is 6.36. The van der Waals surface area contributed by atoms with Gasteiger partial charge in [0.15, 0.2) is 0 Å². The second-order valence-corrected chi connectivity index (χ2v) is 4.88. The highest BCUT2D eigenvalue weighted by molar-refractivity contribution is 9.10. The van der Waals surface area contributed by atoms with Crippen molar-refractivity contribution in [3.05, 3.63) is 58.2 Å². The molecule has 0 fully saturated rings. The third kappa shape index (κ3) is 3.08. The lowest BCUT2D eigenvalue weighted by Gasteiger charge is -2.15. The molecule has 0 aliphatic rings. The van der Waals surface area contributed by atoms with Gasteiger partial charge in [-0.1, -0.05) is 28.1 Å². The van der Waals surface area contributed by atoms with E-state index in [1.807, 2.05) is 12.1 Å². The third-order valence-corrected chi connectivity index (χ3v) is 3.10. The molecular formula is C14H12BrN3. The monoisotopic (exact) mass is 301 g/mol. The maximum absolute atomic E-state index is 8.84. The molecule has 1 aromatic carbocycles. The van der Waals surface area contributed by atoms with Crippen LogP contribution in [0.25, 0.3) is 0 Å². The molecule has 0 saturated heterocycles.